The van der Waals surface area contributed by atoms with Crippen LogP contribution in [0.4, 0.5) is 11.4 Å². The molecule has 0 saturated heterocycles. The summed E-state index contributed by atoms with van der Waals surface area (Å²) in [7, 11) is 0. The fourth-order valence-corrected chi connectivity index (χ4v) is 2.86. The van der Waals surface area contributed by atoms with Crippen LogP contribution in [0.2, 0.25) is 5.02 Å². The molecule has 1 heterocycles. The fourth-order valence-electron chi connectivity index (χ4n) is 1.56. The molecule has 0 unspecified atom stereocenters. The second-order valence-electron chi connectivity index (χ2n) is 3.85. The molecule has 20 heavy (non-hydrogen) atoms. The van der Waals surface area contributed by atoms with Crippen molar-refractivity contribution in [1.82, 2.24) is 4.98 Å². The zero-order valence-electron chi connectivity index (χ0n) is 9.94. The van der Waals surface area contributed by atoms with Crippen molar-refractivity contribution in [3.05, 3.63) is 60.2 Å². The van der Waals surface area contributed by atoms with Crippen LogP contribution in [0, 0.1) is 10.1 Å². The van der Waals surface area contributed by atoms with Crippen molar-refractivity contribution in [3.8, 4) is 0 Å². The van der Waals surface area contributed by atoms with Crippen molar-refractivity contribution in [1.29, 1.82) is 0 Å². The molecular weight excluding hydrogens is 413 g/mol. The number of nitro groups is 1. The fraction of sp³-hybridized carbons (Fsp3) is 0.0833. The number of hydrogen-bond donors (Lipinski definition) is 1. The van der Waals surface area contributed by atoms with Gasteiger partial charge < -0.3 is 5.32 Å². The summed E-state index contributed by atoms with van der Waals surface area (Å²) in [4.78, 5) is 14.7. The third-order valence-corrected chi connectivity index (χ3v) is 3.84. The number of aromatic nitrogens is 1. The van der Waals surface area contributed by atoms with E-state index in [1.807, 2.05) is 6.07 Å². The summed E-state index contributed by atoms with van der Waals surface area (Å²) in [6.07, 6.45) is 1.66. The molecule has 0 bridgehead atoms. The molecule has 0 atom stereocenters. The highest BCUT2D eigenvalue weighted by molar-refractivity contribution is 9.11. The molecule has 0 spiro atoms. The zero-order valence-corrected chi connectivity index (χ0v) is 13.9. The van der Waals surface area contributed by atoms with E-state index in [1.165, 1.54) is 18.2 Å². The summed E-state index contributed by atoms with van der Waals surface area (Å²) in [6.45, 7) is 0.342. The highest BCUT2D eigenvalue weighted by Gasteiger charge is 2.14. The molecule has 1 aromatic heterocycles. The van der Waals surface area contributed by atoms with E-state index in [0.717, 1.165) is 14.6 Å². The van der Waals surface area contributed by atoms with Crippen LogP contribution >= 0.6 is 43.5 Å². The minimum absolute atomic E-state index is 0.0253. The Morgan fingerprint density at radius 1 is 1.35 bits per heavy atom. The number of anilines is 1. The Balaban J connectivity index is 2.22. The van der Waals surface area contributed by atoms with Gasteiger partial charge in [0.25, 0.3) is 5.69 Å². The van der Waals surface area contributed by atoms with Gasteiger partial charge in [0.2, 0.25) is 0 Å². The maximum absolute atomic E-state index is 10.9. The lowest BCUT2D eigenvalue weighted by atomic mass is 10.2. The molecule has 0 saturated carbocycles. The molecule has 2 rings (SSSR count). The number of nitrogens with zero attached hydrogens (tertiary/aromatic N) is 2. The van der Waals surface area contributed by atoms with Gasteiger partial charge in [-0.1, -0.05) is 11.6 Å². The van der Waals surface area contributed by atoms with Crippen LogP contribution < -0.4 is 5.32 Å². The summed E-state index contributed by atoms with van der Waals surface area (Å²) < 4.78 is 1.66. The van der Waals surface area contributed by atoms with Gasteiger partial charge in [0.1, 0.15) is 5.69 Å². The molecule has 1 aromatic carbocycles. The average molecular weight is 421 g/mol. The van der Waals surface area contributed by atoms with E-state index in [1.54, 1.807) is 6.20 Å². The Hall–Kier alpha value is -1.18. The number of nitrogens with one attached hydrogen (secondary N) is 1. The topological polar surface area (TPSA) is 68.1 Å². The molecule has 104 valence electrons. The maximum atomic E-state index is 10.9. The molecular formula is C12H8Br2ClN3O2. The van der Waals surface area contributed by atoms with Crippen LogP contribution in [0.5, 0.6) is 0 Å². The summed E-state index contributed by atoms with van der Waals surface area (Å²) >= 11 is 12.6. The predicted molar refractivity (Wildman–Crippen MR) is 85.1 cm³/mol. The molecule has 2 aromatic rings. The molecule has 0 amide bonds. The average Bonchev–Trinajstić information content (AvgIpc) is 2.37. The van der Waals surface area contributed by atoms with E-state index in [2.05, 4.69) is 42.2 Å². The Morgan fingerprint density at radius 3 is 2.75 bits per heavy atom. The predicted octanol–water partition coefficient (Wildman–Crippen LogP) is 4.78. The van der Waals surface area contributed by atoms with E-state index >= 15 is 0 Å². The van der Waals surface area contributed by atoms with Crippen LogP contribution in [0.15, 0.2) is 39.4 Å². The van der Waals surface area contributed by atoms with E-state index in [4.69, 9.17) is 11.6 Å². The van der Waals surface area contributed by atoms with Gasteiger partial charge in [-0.25, -0.2) is 0 Å². The molecule has 8 heteroatoms. The lowest BCUT2D eigenvalue weighted by molar-refractivity contribution is -0.384. The largest absolute Gasteiger partial charge is 0.374 e. The number of pyridine rings is 1. The monoisotopic (exact) mass is 419 g/mol. The van der Waals surface area contributed by atoms with Crippen molar-refractivity contribution in [3.63, 3.8) is 0 Å². The first-order valence-corrected chi connectivity index (χ1v) is 7.41. The maximum Gasteiger partial charge on any atom is 0.292 e. The Labute approximate surface area is 136 Å². The van der Waals surface area contributed by atoms with Crippen LogP contribution in [-0.4, -0.2) is 9.91 Å². The van der Waals surface area contributed by atoms with E-state index < -0.39 is 4.92 Å². The van der Waals surface area contributed by atoms with Gasteiger partial charge >= 0.3 is 0 Å². The summed E-state index contributed by atoms with van der Waals surface area (Å²) in [5.41, 5.74) is 1.07. The lowest BCUT2D eigenvalue weighted by Crippen LogP contribution is -2.04. The number of benzene rings is 1. The molecule has 0 fully saturated rings. The van der Waals surface area contributed by atoms with E-state index in [-0.39, 0.29) is 5.69 Å². The minimum atomic E-state index is -0.456. The third kappa shape index (κ3) is 3.68. The summed E-state index contributed by atoms with van der Waals surface area (Å²) in [5.74, 6) is 0. The summed E-state index contributed by atoms with van der Waals surface area (Å²) in [6, 6.07) is 6.23. The molecule has 0 aliphatic carbocycles. The Bertz CT molecular complexity index is 667. The Kier molecular flexibility index (Phi) is 4.95. The Morgan fingerprint density at radius 2 is 2.10 bits per heavy atom. The third-order valence-electron chi connectivity index (χ3n) is 2.49. The first kappa shape index (κ1) is 15.2. The smallest absolute Gasteiger partial charge is 0.292 e. The van der Waals surface area contributed by atoms with E-state index in [0.29, 0.717) is 17.3 Å². The molecule has 1 N–H and O–H groups in total. The van der Waals surface area contributed by atoms with Crippen molar-refractivity contribution < 1.29 is 4.92 Å². The SMILES string of the molecule is O=[N+]([O-])c1ccc(Cl)cc1NCc1ncc(Br)cc1Br. The number of rotatable bonds is 4. The molecule has 5 nitrogen and oxygen atoms in total. The standard InChI is InChI=1S/C12H8Br2ClN3O2/c13-7-3-9(14)11(16-5-7)6-17-10-4-8(15)1-2-12(10)18(19)20/h1-5,17H,6H2. The highest BCUT2D eigenvalue weighted by Crippen LogP contribution is 2.28. The minimum Gasteiger partial charge on any atom is -0.374 e. The van der Waals surface area contributed by atoms with Crippen LogP contribution in [-0.2, 0) is 6.54 Å². The molecule has 0 radical (unpaired) electrons. The van der Waals surface area contributed by atoms with Gasteiger partial charge in [0, 0.05) is 26.2 Å². The zero-order chi connectivity index (χ0) is 14.7. The van der Waals surface area contributed by atoms with E-state index in [9.17, 15) is 10.1 Å². The van der Waals surface area contributed by atoms with Gasteiger partial charge in [-0.05, 0) is 50.1 Å². The first-order chi connectivity index (χ1) is 9.47. The van der Waals surface area contributed by atoms with Crippen molar-refractivity contribution in [2.45, 2.75) is 6.54 Å². The van der Waals surface area contributed by atoms with Gasteiger partial charge in [0.05, 0.1) is 17.2 Å². The van der Waals surface area contributed by atoms with Crippen LogP contribution in [0.3, 0.4) is 0 Å². The highest BCUT2D eigenvalue weighted by atomic mass is 79.9. The molecule has 0 aliphatic heterocycles. The van der Waals surface area contributed by atoms with Crippen molar-refractivity contribution in [2.75, 3.05) is 5.32 Å². The number of halogens is 3. The van der Waals surface area contributed by atoms with Crippen molar-refractivity contribution >= 4 is 54.8 Å². The van der Waals surface area contributed by atoms with Gasteiger partial charge in [0.15, 0.2) is 0 Å². The number of hydrogen-bond acceptors (Lipinski definition) is 4. The number of nitro benzene ring substituents is 1. The van der Waals surface area contributed by atoms with Gasteiger partial charge in [-0.2, -0.15) is 0 Å². The van der Waals surface area contributed by atoms with Gasteiger partial charge in [-0.15, -0.1) is 0 Å². The van der Waals surface area contributed by atoms with Crippen LogP contribution in [0.25, 0.3) is 0 Å². The normalized spacial score (nSPS) is 10.3. The van der Waals surface area contributed by atoms with Gasteiger partial charge in [-0.3, -0.25) is 15.1 Å². The first-order valence-electron chi connectivity index (χ1n) is 5.45. The van der Waals surface area contributed by atoms with Crippen molar-refractivity contribution in [2.24, 2.45) is 0 Å². The second-order valence-corrected chi connectivity index (χ2v) is 6.06. The summed E-state index contributed by atoms with van der Waals surface area (Å²) in [5, 5.41) is 14.4. The quantitative estimate of drug-likeness (QED) is 0.570. The van der Waals surface area contributed by atoms with Crippen LogP contribution in [0.1, 0.15) is 5.69 Å². The second kappa shape index (κ2) is 6.51. The molecule has 0 aliphatic rings. The lowest BCUT2D eigenvalue weighted by Gasteiger charge is -2.08.